The van der Waals surface area contributed by atoms with E-state index < -0.39 is 11.8 Å². The maximum atomic E-state index is 11.6. The van der Waals surface area contributed by atoms with E-state index in [0.717, 1.165) is 11.1 Å². The molecule has 2 N–H and O–H groups in total. The Morgan fingerprint density at radius 3 is 2.29 bits per heavy atom. The Balaban J connectivity index is 1.87. The van der Waals surface area contributed by atoms with E-state index in [1.54, 1.807) is 12.1 Å². The van der Waals surface area contributed by atoms with Crippen molar-refractivity contribution in [2.24, 2.45) is 5.10 Å². The van der Waals surface area contributed by atoms with Crippen molar-refractivity contribution < 1.29 is 9.59 Å². The molecule has 0 fully saturated rings. The fourth-order valence-electron chi connectivity index (χ4n) is 1.58. The van der Waals surface area contributed by atoms with Crippen molar-refractivity contribution in [2.45, 2.75) is 6.92 Å². The number of hydrogen-bond donors (Lipinski definition) is 2. The molecule has 2 amide bonds. The Bertz CT molecular complexity index is 649. The Labute approximate surface area is 122 Å². The molecular formula is C16H15N3O2. The molecule has 0 radical (unpaired) electrons. The maximum absolute atomic E-state index is 11.6. The Kier molecular flexibility index (Phi) is 4.82. The predicted molar refractivity (Wildman–Crippen MR) is 82.0 cm³/mol. The molecule has 0 bridgehead atoms. The molecule has 2 aromatic carbocycles. The molecule has 2 rings (SSSR count). The van der Waals surface area contributed by atoms with Crippen LogP contribution in [-0.2, 0) is 9.59 Å². The highest BCUT2D eigenvalue weighted by Crippen LogP contribution is 2.08. The van der Waals surface area contributed by atoms with Crippen LogP contribution in [0.1, 0.15) is 11.1 Å². The summed E-state index contributed by atoms with van der Waals surface area (Å²) in [6.07, 6.45) is 1.47. The molecule has 0 aliphatic heterocycles. The van der Waals surface area contributed by atoms with Crippen LogP contribution in [0, 0.1) is 6.92 Å². The quantitative estimate of drug-likeness (QED) is 0.514. The lowest BCUT2D eigenvalue weighted by Crippen LogP contribution is -2.32. The van der Waals surface area contributed by atoms with E-state index in [4.69, 9.17) is 0 Å². The smallest absolute Gasteiger partial charge is 0.318 e. The summed E-state index contributed by atoms with van der Waals surface area (Å²) < 4.78 is 0. The topological polar surface area (TPSA) is 70.6 Å². The number of hydrazone groups is 1. The van der Waals surface area contributed by atoms with Gasteiger partial charge >= 0.3 is 11.8 Å². The molecule has 21 heavy (non-hydrogen) atoms. The molecule has 0 aliphatic rings. The van der Waals surface area contributed by atoms with Crippen molar-refractivity contribution in [2.75, 3.05) is 5.32 Å². The minimum Gasteiger partial charge on any atom is -0.318 e. The summed E-state index contributed by atoms with van der Waals surface area (Å²) in [5.41, 5.74) is 4.65. The first-order chi connectivity index (χ1) is 10.1. The highest BCUT2D eigenvalue weighted by molar-refractivity contribution is 6.39. The van der Waals surface area contributed by atoms with Gasteiger partial charge in [0, 0.05) is 5.69 Å². The highest BCUT2D eigenvalue weighted by atomic mass is 16.2. The number of benzene rings is 2. The lowest BCUT2D eigenvalue weighted by atomic mass is 10.2. The van der Waals surface area contributed by atoms with E-state index in [-0.39, 0.29) is 0 Å². The van der Waals surface area contributed by atoms with Crippen LogP contribution in [0.4, 0.5) is 5.69 Å². The first-order valence-electron chi connectivity index (χ1n) is 6.41. The number of hydrogen-bond acceptors (Lipinski definition) is 3. The van der Waals surface area contributed by atoms with Crippen molar-refractivity contribution in [3.63, 3.8) is 0 Å². The lowest BCUT2D eigenvalue weighted by molar-refractivity contribution is -0.136. The van der Waals surface area contributed by atoms with Gasteiger partial charge in [0.15, 0.2) is 0 Å². The summed E-state index contributed by atoms with van der Waals surface area (Å²) in [5, 5.41) is 6.23. The van der Waals surface area contributed by atoms with Crippen LogP contribution in [0.25, 0.3) is 0 Å². The third-order valence-corrected chi connectivity index (χ3v) is 2.69. The van der Waals surface area contributed by atoms with Gasteiger partial charge in [0.05, 0.1) is 6.21 Å². The standard InChI is InChI=1S/C16H15N3O2/c1-12-7-9-14(10-8-12)18-15(20)16(21)19-17-11-13-5-3-2-4-6-13/h2-11H,1H3,(H,18,20)(H,19,21)/b17-11-. The van der Waals surface area contributed by atoms with Crippen LogP contribution in [0.5, 0.6) is 0 Å². The lowest BCUT2D eigenvalue weighted by Gasteiger charge is -2.04. The second-order valence-electron chi connectivity index (χ2n) is 4.43. The van der Waals surface area contributed by atoms with Crippen LogP contribution < -0.4 is 10.7 Å². The number of carbonyl (C=O) groups is 2. The molecule has 0 unspecified atom stereocenters. The van der Waals surface area contributed by atoms with Gasteiger partial charge in [-0.25, -0.2) is 5.43 Å². The first-order valence-corrected chi connectivity index (χ1v) is 6.41. The Morgan fingerprint density at radius 1 is 0.952 bits per heavy atom. The van der Waals surface area contributed by atoms with E-state index in [1.807, 2.05) is 49.4 Å². The van der Waals surface area contributed by atoms with Crippen LogP contribution >= 0.6 is 0 Å². The summed E-state index contributed by atoms with van der Waals surface area (Å²) in [4.78, 5) is 23.2. The fraction of sp³-hybridized carbons (Fsp3) is 0.0625. The fourth-order valence-corrected chi connectivity index (χ4v) is 1.58. The second kappa shape index (κ2) is 7.00. The predicted octanol–water partition coefficient (Wildman–Crippen LogP) is 2.08. The summed E-state index contributed by atoms with van der Waals surface area (Å²) in [6, 6.07) is 16.4. The Hall–Kier alpha value is -2.95. The average Bonchev–Trinajstić information content (AvgIpc) is 2.50. The molecule has 5 heteroatoms. The minimum atomic E-state index is -0.817. The van der Waals surface area contributed by atoms with E-state index in [1.165, 1.54) is 6.21 Å². The number of nitrogens with zero attached hydrogens (tertiary/aromatic N) is 1. The number of aryl methyl sites for hydroxylation is 1. The molecule has 0 heterocycles. The number of anilines is 1. The van der Waals surface area contributed by atoms with Crippen LogP contribution in [0.2, 0.25) is 0 Å². The van der Waals surface area contributed by atoms with Gasteiger partial charge in [0.25, 0.3) is 0 Å². The van der Waals surface area contributed by atoms with Gasteiger partial charge in [-0.1, -0.05) is 48.0 Å². The van der Waals surface area contributed by atoms with E-state index in [0.29, 0.717) is 5.69 Å². The van der Waals surface area contributed by atoms with Gasteiger partial charge in [-0.3, -0.25) is 9.59 Å². The van der Waals surface area contributed by atoms with Gasteiger partial charge in [-0.05, 0) is 24.6 Å². The van der Waals surface area contributed by atoms with E-state index in [9.17, 15) is 9.59 Å². The van der Waals surface area contributed by atoms with Crippen LogP contribution in [0.3, 0.4) is 0 Å². The zero-order chi connectivity index (χ0) is 15.1. The van der Waals surface area contributed by atoms with Crippen molar-refractivity contribution in [1.29, 1.82) is 0 Å². The molecule has 0 spiro atoms. The third-order valence-electron chi connectivity index (χ3n) is 2.69. The molecule has 0 saturated heterocycles. The second-order valence-corrected chi connectivity index (χ2v) is 4.43. The Morgan fingerprint density at radius 2 is 1.62 bits per heavy atom. The van der Waals surface area contributed by atoms with Crippen molar-refractivity contribution in [1.82, 2.24) is 5.43 Å². The minimum absolute atomic E-state index is 0.563. The molecule has 0 atom stereocenters. The van der Waals surface area contributed by atoms with Gasteiger partial charge in [-0.2, -0.15) is 5.10 Å². The largest absolute Gasteiger partial charge is 0.329 e. The molecule has 106 valence electrons. The van der Waals surface area contributed by atoms with Crippen molar-refractivity contribution in [3.8, 4) is 0 Å². The molecule has 5 nitrogen and oxygen atoms in total. The number of amides is 2. The molecule has 0 aliphatic carbocycles. The monoisotopic (exact) mass is 281 g/mol. The summed E-state index contributed by atoms with van der Waals surface area (Å²) in [5.74, 6) is -1.58. The first kappa shape index (κ1) is 14.5. The molecule has 2 aromatic rings. The normalized spacial score (nSPS) is 10.3. The number of carbonyl (C=O) groups excluding carboxylic acids is 2. The molecular weight excluding hydrogens is 266 g/mol. The van der Waals surface area contributed by atoms with Crippen LogP contribution in [-0.4, -0.2) is 18.0 Å². The van der Waals surface area contributed by atoms with Crippen LogP contribution in [0.15, 0.2) is 59.7 Å². The zero-order valence-electron chi connectivity index (χ0n) is 11.5. The number of rotatable bonds is 3. The highest BCUT2D eigenvalue weighted by Gasteiger charge is 2.12. The molecule has 0 saturated carbocycles. The summed E-state index contributed by atoms with van der Waals surface area (Å²) >= 11 is 0. The molecule has 0 aromatic heterocycles. The van der Waals surface area contributed by atoms with Crippen molar-refractivity contribution in [3.05, 3.63) is 65.7 Å². The van der Waals surface area contributed by atoms with Gasteiger partial charge in [-0.15, -0.1) is 0 Å². The summed E-state index contributed by atoms with van der Waals surface area (Å²) in [7, 11) is 0. The number of nitrogens with one attached hydrogen (secondary N) is 2. The van der Waals surface area contributed by atoms with Gasteiger partial charge in [0.2, 0.25) is 0 Å². The van der Waals surface area contributed by atoms with Gasteiger partial charge < -0.3 is 5.32 Å². The maximum Gasteiger partial charge on any atom is 0.329 e. The SMILES string of the molecule is Cc1ccc(NC(=O)C(=O)N/N=C\c2ccccc2)cc1. The van der Waals surface area contributed by atoms with E-state index >= 15 is 0 Å². The average molecular weight is 281 g/mol. The van der Waals surface area contributed by atoms with E-state index in [2.05, 4.69) is 15.8 Å². The third kappa shape index (κ3) is 4.58. The zero-order valence-corrected chi connectivity index (χ0v) is 11.5. The van der Waals surface area contributed by atoms with Gasteiger partial charge in [0.1, 0.15) is 0 Å². The van der Waals surface area contributed by atoms with Crippen molar-refractivity contribution >= 4 is 23.7 Å². The summed E-state index contributed by atoms with van der Waals surface area (Å²) in [6.45, 7) is 1.94.